The summed E-state index contributed by atoms with van der Waals surface area (Å²) in [5.74, 6) is 0. The predicted molar refractivity (Wildman–Crippen MR) is 86.1 cm³/mol. The molecule has 1 aliphatic carbocycles. The fourth-order valence-electron chi connectivity index (χ4n) is 3.35. The van der Waals surface area contributed by atoms with Crippen LogP contribution >= 0.6 is 0 Å². The normalized spacial score (nSPS) is 22.1. The minimum absolute atomic E-state index is 0.0716. The van der Waals surface area contributed by atoms with Crippen molar-refractivity contribution >= 4 is 0 Å². The van der Waals surface area contributed by atoms with Gasteiger partial charge in [-0.15, -0.1) is 0 Å². The first-order valence-electron chi connectivity index (χ1n) is 7.60. The highest BCUT2D eigenvalue weighted by Crippen LogP contribution is 2.31. The van der Waals surface area contributed by atoms with E-state index in [4.69, 9.17) is 5.73 Å². The number of nitrogens with one attached hydrogen (secondary N) is 1. The van der Waals surface area contributed by atoms with E-state index in [9.17, 15) is 0 Å². The third-order valence-corrected chi connectivity index (χ3v) is 4.48. The molecule has 3 N–H and O–H groups in total. The fraction of sp³-hybridized carbons (Fsp3) is 0.389. The van der Waals surface area contributed by atoms with E-state index in [2.05, 4.69) is 60.5 Å². The monoisotopic (exact) mass is 281 g/mol. The molecule has 0 spiro atoms. The zero-order valence-electron chi connectivity index (χ0n) is 12.9. The summed E-state index contributed by atoms with van der Waals surface area (Å²) >= 11 is 0. The second-order valence-electron chi connectivity index (χ2n) is 6.05. The van der Waals surface area contributed by atoms with Crippen LogP contribution in [0.4, 0.5) is 0 Å². The Morgan fingerprint density at radius 3 is 2.67 bits per heavy atom. The number of pyridine rings is 1. The summed E-state index contributed by atoms with van der Waals surface area (Å²) in [6.45, 7) is 6.29. The number of aryl methyl sites for hydroxylation is 2. The molecule has 3 heteroatoms. The van der Waals surface area contributed by atoms with E-state index in [1.807, 2.05) is 6.92 Å². The maximum atomic E-state index is 6.40. The molecule has 0 aliphatic heterocycles. The Hall–Kier alpha value is -1.71. The summed E-state index contributed by atoms with van der Waals surface area (Å²) in [5, 5.41) is 3.69. The van der Waals surface area contributed by atoms with Gasteiger partial charge in [-0.1, -0.05) is 30.3 Å². The van der Waals surface area contributed by atoms with Gasteiger partial charge in [0.15, 0.2) is 0 Å². The van der Waals surface area contributed by atoms with Gasteiger partial charge in [0.05, 0.1) is 0 Å². The van der Waals surface area contributed by atoms with Crippen LogP contribution < -0.4 is 11.1 Å². The summed E-state index contributed by atoms with van der Waals surface area (Å²) in [7, 11) is 0. The van der Waals surface area contributed by atoms with Crippen LogP contribution in [-0.2, 0) is 6.42 Å². The Balaban J connectivity index is 1.76. The molecule has 0 saturated carbocycles. The van der Waals surface area contributed by atoms with Crippen LogP contribution in [0.1, 0.15) is 47.1 Å². The van der Waals surface area contributed by atoms with E-state index in [0.29, 0.717) is 0 Å². The molecule has 1 unspecified atom stereocenters. The van der Waals surface area contributed by atoms with E-state index < -0.39 is 0 Å². The standard InChI is InChI=1S/C18H23N3/c1-11-8-9-15(12(2)20-11)13(3)21-17-10-14-6-4-5-7-16(14)18(17)19/h4-9,13,17-18,21H,10,19H2,1-3H3/t13?,17-,18-/m1/s1. The third kappa shape index (κ3) is 2.71. The highest BCUT2D eigenvalue weighted by molar-refractivity contribution is 5.37. The molecular formula is C18H23N3. The zero-order valence-corrected chi connectivity index (χ0v) is 12.9. The van der Waals surface area contributed by atoms with Gasteiger partial charge in [0.1, 0.15) is 0 Å². The lowest BCUT2D eigenvalue weighted by Crippen LogP contribution is -2.38. The first-order chi connectivity index (χ1) is 10.1. The summed E-state index contributed by atoms with van der Waals surface area (Å²) in [4.78, 5) is 4.56. The molecule has 21 heavy (non-hydrogen) atoms. The Bertz CT molecular complexity index is 651. The number of benzene rings is 1. The smallest absolute Gasteiger partial charge is 0.0457 e. The predicted octanol–water partition coefficient (Wildman–Crippen LogP) is 2.97. The first-order valence-corrected chi connectivity index (χ1v) is 7.60. The highest BCUT2D eigenvalue weighted by atomic mass is 15.0. The highest BCUT2D eigenvalue weighted by Gasteiger charge is 2.30. The van der Waals surface area contributed by atoms with Gasteiger partial charge in [0.2, 0.25) is 0 Å². The number of nitrogens with zero attached hydrogens (tertiary/aromatic N) is 1. The van der Waals surface area contributed by atoms with Crippen molar-refractivity contribution in [1.29, 1.82) is 0 Å². The van der Waals surface area contributed by atoms with Crippen molar-refractivity contribution in [3.63, 3.8) is 0 Å². The minimum Gasteiger partial charge on any atom is -0.323 e. The molecular weight excluding hydrogens is 258 g/mol. The van der Waals surface area contributed by atoms with Gasteiger partial charge in [-0.2, -0.15) is 0 Å². The zero-order chi connectivity index (χ0) is 15.0. The molecule has 110 valence electrons. The lowest BCUT2D eigenvalue weighted by atomic mass is 10.0. The van der Waals surface area contributed by atoms with Gasteiger partial charge in [-0.05, 0) is 49.9 Å². The number of aromatic nitrogens is 1. The van der Waals surface area contributed by atoms with Crippen LogP contribution in [0.2, 0.25) is 0 Å². The van der Waals surface area contributed by atoms with Gasteiger partial charge >= 0.3 is 0 Å². The molecule has 1 heterocycles. The molecule has 3 nitrogen and oxygen atoms in total. The SMILES string of the molecule is Cc1ccc(C(C)N[C@@H]2Cc3ccccc3[C@H]2N)c(C)n1. The quantitative estimate of drug-likeness (QED) is 0.909. The Morgan fingerprint density at radius 1 is 1.19 bits per heavy atom. The maximum absolute atomic E-state index is 6.40. The Kier molecular flexibility index (Phi) is 3.79. The molecule has 0 fully saturated rings. The van der Waals surface area contributed by atoms with Crippen LogP contribution in [0.25, 0.3) is 0 Å². The third-order valence-electron chi connectivity index (χ3n) is 4.48. The Labute approximate surface area is 126 Å². The molecule has 1 aromatic carbocycles. The summed E-state index contributed by atoms with van der Waals surface area (Å²) in [6, 6.07) is 13.3. The Morgan fingerprint density at radius 2 is 1.95 bits per heavy atom. The van der Waals surface area contributed by atoms with Crippen molar-refractivity contribution in [2.75, 3.05) is 0 Å². The molecule has 2 aromatic rings. The van der Waals surface area contributed by atoms with Crippen LogP contribution in [0.5, 0.6) is 0 Å². The molecule has 1 aromatic heterocycles. The van der Waals surface area contributed by atoms with E-state index in [1.54, 1.807) is 0 Å². The molecule has 0 saturated heterocycles. The van der Waals surface area contributed by atoms with E-state index in [0.717, 1.165) is 17.8 Å². The molecule has 0 radical (unpaired) electrons. The fourth-order valence-corrected chi connectivity index (χ4v) is 3.35. The summed E-state index contributed by atoms with van der Waals surface area (Å²) in [6.07, 6.45) is 1.00. The van der Waals surface area contributed by atoms with Gasteiger partial charge in [0.25, 0.3) is 0 Å². The van der Waals surface area contributed by atoms with Crippen molar-refractivity contribution in [3.05, 3.63) is 64.5 Å². The molecule has 0 amide bonds. The van der Waals surface area contributed by atoms with Crippen LogP contribution in [0.3, 0.4) is 0 Å². The molecule has 0 bridgehead atoms. The van der Waals surface area contributed by atoms with Crippen molar-refractivity contribution in [1.82, 2.24) is 10.3 Å². The topological polar surface area (TPSA) is 50.9 Å². The average molecular weight is 281 g/mol. The average Bonchev–Trinajstić information content (AvgIpc) is 2.76. The van der Waals surface area contributed by atoms with Crippen molar-refractivity contribution in [2.45, 2.75) is 45.3 Å². The largest absolute Gasteiger partial charge is 0.323 e. The number of fused-ring (bicyclic) bond motifs is 1. The summed E-state index contributed by atoms with van der Waals surface area (Å²) in [5.41, 5.74) is 12.5. The van der Waals surface area contributed by atoms with Gasteiger partial charge in [0, 0.05) is 29.5 Å². The summed E-state index contributed by atoms with van der Waals surface area (Å²) < 4.78 is 0. The molecule has 3 rings (SSSR count). The van der Waals surface area contributed by atoms with Gasteiger partial charge < -0.3 is 11.1 Å². The second-order valence-corrected chi connectivity index (χ2v) is 6.05. The van der Waals surface area contributed by atoms with Crippen LogP contribution in [0.15, 0.2) is 36.4 Å². The number of nitrogens with two attached hydrogens (primary N) is 1. The van der Waals surface area contributed by atoms with Crippen LogP contribution in [0, 0.1) is 13.8 Å². The van der Waals surface area contributed by atoms with E-state index in [1.165, 1.54) is 16.7 Å². The second kappa shape index (κ2) is 5.58. The number of rotatable bonds is 3. The van der Waals surface area contributed by atoms with Crippen molar-refractivity contribution in [2.24, 2.45) is 5.73 Å². The van der Waals surface area contributed by atoms with Gasteiger partial charge in [-0.25, -0.2) is 0 Å². The lowest BCUT2D eigenvalue weighted by Gasteiger charge is -2.24. The molecule has 3 atom stereocenters. The van der Waals surface area contributed by atoms with E-state index in [-0.39, 0.29) is 18.1 Å². The van der Waals surface area contributed by atoms with Crippen LogP contribution in [-0.4, -0.2) is 11.0 Å². The van der Waals surface area contributed by atoms with E-state index >= 15 is 0 Å². The van der Waals surface area contributed by atoms with Crippen molar-refractivity contribution < 1.29 is 0 Å². The maximum Gasteiger partial charge on any atom is 0.0457 e. The number of hydrogen-bond acceptors (Lipinski definition) is 3. The minimum atomic E-state index is 0.0716. The van der Waals surface area contributed by atoms with Gasteiger partial charge in [-0.3, -0.25) is 4.98 Å². The first kappa shape index (κ1) is 14.2. The lowest BCUT2D eigenvalue weighted by molar-refractivity contribution is 0.416. The molecule has 1 aliphatic rings. The van der Waals surface area contributed by atoms with Crippen molar-refractivity contribution in [3.8, 4) is 0 Å². The number of hydrogen-bond donors (Lipinski definition) is 2.